The topological polar surface area (TPSA) is 33.4 Å². The molecule has 0 bridgehead atoms. The van der Waals surface area contributed by atoms with Gasteiger partial charge in [0.05, 0.1) is 6.26 Å². The van der Waals surface area contributed by atoms with E-state index in [1.807, 2.05) is 0 Å². The Bertz CT molecular complexity index is 502. The van der Waals surface area contributed by atoms with Crippen LogP contribution in [0.15, 0.2) is 34.9 Å². The van der Waals surface area contributed by atoms with Crippen LogP contribution in [0, 0.1) is 19.7 Å². The van der Waals surface area contributed by atoms with E-state index in [9.17, 15) is 9.50 Å². The van der Waals surface area contributed by atoms with Crippen LogP contribution in [0.5, 0.6) is 0 Å². The lowest BCUT2D eigenvalue weighted by Gasteiger charge is -2.13. The Morgan fingerprint density at radius 2 is 1.94 bits per heavy atom. The van der Waals surface area contributed by atoms with E-state index in [2.05, 4.69) is 0 Å². The number of halogens is 1. The molecule has 2 nitrogen and oxygen atoms in total. The Kier molecular flexibility index (Phi) is 2.79. The molecule has 0 saturated heterocycles. The third kappa shape index (κ3) is 1.86. The van der Waals surface area contributed by atoms with Gasteiger partial charge in [0, 0.05) is 5.56 Å². The first-order valence-corrected chi connectivity index (χ1v) is 5.07. The number of aryl methyl sites for hydroxylation is 2. The molecule has 0 fully saturated rings. The minimum Gasteiger partial charge on any atom is -0.469 e. The Labute approximate surface area is 93.3 Å². The van der Waals surface area contributed by atoms with Gasteiger partial charge < -0.3 is 9.52 Å². The van der Waals surface area contributed by atoms with Crippen LogP contribution in [0.1, 0.15) is 28.6 Å². The second-order valence-electron chi connectivity index (χ2n) is 3.84. The van der Waals surface area contributed by atoms with Crippen LogP contribution in [0.4, 0.5) is 4.39 Å². The molecule has 1 unspecified atom stereocenters. The van der Waals surface area contributed by atoms with E-state index in [-0.39, 0.29) is 5.82 Å². The van der Waals surface area contributed by atoms with E-state index < -0.39 is 6.10 Å². The fraction of sp³-hybridized carbons (Fsp3) is 0.231. The highest BCUT2D eigenvalue weighted by Gasteiger charge is 2.16. The van der Waals surface area contributed by atoms with Gasteiger partial charge in [-0.1, -0.05) is 6.07 Å². The summed E-state index contributed by atoms with van der Waals surface area (Å²) in [4.78, 5) is 0. The molecular weight excluding hydrogens is 207 g/mol. The maximum atomic E-state index is 12.9. The van der Waals surface area contributed by atoms with E-state index in [1.54, 1.807) is 26.0 Å². The van der Waals surface area contributed by atoms with E-state index in [0.29, 0.717) is 11.3 Å². The third-order valence-corrected chi connectivity index (χ3v) is 2.72. The van der Waals surface area contributed by atoms with E-state index in [0.717, 1.165) is 11.1 Å². The summed E-state index contributed by atoms with van der Waals surface area (Å²) < 4.78 is 18.1. The van der Waals surface area contributed by atoms with Crippen molar-refractivity contribution in [1.29, 1.82) is 0 Å². The van der Waals surface area contributed by atoms with E-state index in [1.165, 1.54) is 18.4 Å². The van der Waals surface area contributed by atoms with Gasteiger partial charge >= 0.3 is 0 Å². The summed E-state index contributed by atoms with van der Waals surface area (Å²) in [6.45, 7) is 3.56. The average Bonchev–Trinajstić information content (AvgIpc) is 2.63. The first-order chi connectivity index (χ1) is 7.59. The summed E-state index contributed by atoms with van der Waals surface area (Å²) in [6.07, 6.45) is 0.770. The number of aliphatic hydroxyl groups is 1. The van der Waals surface area contributed by atoms with Crippen LogP contribution >= 0.6 is 0 Å². The molecule has 1 atom stereocenters. The lowest BCUT2D eigenvalue weighted by molar-refractivity contribution is 0.217. The highest BCUT2D eigenvalue weighted by Crippen LogP contribution is 2.27. The number of hydrogen-bond acceptors (Lipinski definition) is 2. The molecule has 0 aliphatic heterocycles. The first-order valence-electron chi connectivity index (χ1n) is 5.07. The standard InChI is InChI=1S/C13H13FO2/c1-8-7-10(14)3-4-11(8)13(15)12-5-6-16-9(12)2/h3-7,13,15H,1-2H3. The van der Waals surface area contributed by atoms with E-state index >= 15 is 0 Å². The Hall–Kier alpha value is -1.61. The van der Waals surface area contributed by atoms with Gasteiger partial charge in [0.15, 0.2) is 0 Å². The maximum Gasteiger partial charge on any atom is 0.123 e. The molecule has 0 aliphatic rings. The van der Waals surface area contributed by atoms with Crippen LogP contribution in [0.25, 0.3) is 0 Å². The molecule has 2 aromatic rings. The van der Waals surface area contributed by atoms with Crippen molar-refractivity contribution in [1.82, 2.24) is 0 Å². The molecule has 84 valence electrons. The fourth-order valence-electron chi connectivity index (χ4n) is 1.79. The van der Waals surface area contributed by atoms with Gasteiger partial charge in [-0.25, -0.2) is 4.39 Å². The van der Waals surface area contributed by atoms with Crippen LogP contribution in [0.2, 0.25) is 0 Å². The van der Waals surface area contributed by atoms with E-state index in [4.69, 9.17) is 4.42 Å². The molecule has 1 heterocycles. The minimum atomic E-state index is -0.764. The highest BCUT2D eigenvalue weighted by molar-refractivity contribution is 5.36. The van der Waals surface area contributed by atoms with Crippen molar-refractivity contribution in [2.24, 2.45) is 0 Å². The summed E-state index contributed by atoms with van der Waals surface area (Å²) in [6, 6.07) is 6.08. The molecule has 0 saturated carbocycles. The molecule has 1 aromatic heterocycles. The van der Waals surface area contributed by atoms with Crippen molar-refractivity contribution >= 4 is 0 Å². The summed E-state index contributed by atoms with van der Waals surface area (Å²) in [5, 5.41) is 10.2. The van der Waals surface area contributed by atoms with Crippen molar-refractivity contribution in [2.75, 3.05) is 0 Å². The Morgan fingerprint density at radius 1 is 1.19 bits per heavy atom. The molecule has 0 aliphatic carbocycles. The normalized spacial score (nSPS) is 12.8. The quantitative estimate of drug-likeness (QED) is 0.843. The van der Waals surface area contributed by atoms with Crippen LogP contribution < -0.4 is 0 Å². The molecule has 0 spiro atoms. The van der Waals surface area contributed by atoms with Crippen LogP contribution in [-0.4, -0.2) is 5.11 Å². The van der Waals surface area contributed by atoms with Gasteiger partial charge in [-0.05, 0) is 43.2 Å². The number of aliphatic hydroxyl groups excluding tert-OH is 1. The molecule has 16 heavy (non-hydrogen) atoms. The zero-order valence-corrected chi connectivity index (χ0v) is 9.20. The van der Waals surface area contributed by atoms with Gasteiger partial charge in [0.1, 0.15) is 17.7 Å². The average molecular weight is 220 g/mol. The first kappa shape index (κ1) is 10.9. The molecule has 3 heteroatoms. The SMILES string of the molecule is Cc1cc(F)ccc1C(O)c1ccoc1C. The van der Waals surface area contributed by atoms with Gasteiger partial charge in [0.2, 0.25) is 0 Å². The zero-order valence-electron chi connectivity index (χ0n) is 9.20. The molecule has 0 radical (unpaired) electrons. The van der Waals surface area contributed by atoms with Crippen molar-refractivity contribution in [3.05, 3.63) is 58.8 Å². The van der Waals surface area contributed by atoms with Gasteiger partial charge in [0.25, 0.3) is 0 Å². The lowest BCUT2D eigenvalue weighted by Crippen LogP contribution is -2.02. The van der Waals surface area contributed by atoms with Crippen molar-refractivity contribution in [3.63, 3.8) is 0 Å². The monoisotopic (exact) mass is 220 g/mol. The van der Waals surface area contributed by atoms with Gasteiger partial charge in [-0.3, -0.25) is 0 Å². The molecule has 0 amide bonds. The van der Waals surface area contributed by atoms with Gasteiger partial charge in [-0.15, -0.1) is 0 Å². The zero-order chi connectivity index (χ0) is 11.7. The maximum absolute atomic E-state index is 12.9. The predicted octanol–water partition coefficient (Wildman–Crippen LogP) is 3.12. The Morgan fingerprint density at radius 3 is 2.50 bits per heavy atom. The second-order valence-corrected chi connectivity index (χ2v) is 3.84. The number of benzene rings is 1. The summed E-state index contributed by atoms with van der Waals surface area (Å²) in [7, 11) is 0. The Balaban J connectivity index is 2.41. The molecule has 1 aromatic carbocycles. The highest BCUT2D eigenvalue weighted by atomic mass is 19.1. The number of hydrogen-bond donors (Lipinski definition) is 1. The molecular formula is C13H13FO2. The van der Waals surface area contributed by atoms with Crippen molar-refractivity contribution < 1.29 is 13.9 Å². The molecule has 1 N–H and O–H groups in total. The smallest absolute Gasteiger partial charge is 0.123 e. The summed E-state index contributed by atoms with van der Waals surface area (Å²) in [5.74, 6) is 0.383. The largest absolute Gasteiger partial charge is 0.469 e. The third-order valence-electron chi connectivity index (χ3n) is 2.72. The number of rotatable bonds is 2. The summed E-state index contributed by atoms with van der Waals surface area (Å²) in [5.41, 5.74) is 2.15. The number of furan rings is 1. The lowest BCUT2D eigenvalue weighted by atomic mass is 9.98. The van der Waals surface area contributed by atoms with Crippen LogP contribution in [0.3, 0.4) is 0 Å². The van der Waals surface area contributed by atoms with Crippen LogP contribution in [-0.2, 0) is 0 Å². The van der Waals surface area contributed by atoms with Crippen molar-refractivity contribution in [2.45, 2.75) is 20.0 Å². The van der Waals surface area contributed by atoms with Gasteiger partial charge in [-0.2, -0.15) is 0 Å². The predicted molar refractivity (Wildman–Crippen MR) is 58.6 cm³/mol. The minimum absolute atomic E-state index is 0.294. The second kappa shape index (κ2) is 4.10. The summed E-state index contributed by atoms with van der Waals surface area (Å²) >= 11 is 0. The van der Waals surface area contributed by atoms with Crippen molar-refractivity contribution in [3.8, 4) is 0 Å². The molecule has 2 rings (SSSR count). The fourth-order valence-corrected chi connectivity index (χ4v) is 1.79.